The fraction of sp³-hybridized carbons (Fsp3) is 0.312. The van der Waals surface area contributed by atoms with Crippen molar-refractivity contribution in [3.05, 3.63) is 44.9 Å². The minimum absolute atomic E-state index is 0.492. The summed E-state index contributed by atoms with van der Waals surface area (Å²) in [6.45, 7) is 0.712. The smallest absolute Gasteiger partial charge is 0.164 e. The number of halogens is 1. The van der Waals surface area contributed by atoms with Crippen LogP contribution in [0.15, 0.2) is 24.5 Å². The molecule has 0 fully saturated rings. The Bertz CT molecular complexity index is 855. The molecule has 1 aromatic carbocycles. The Kier molecular flexibility index (Phi) is 3.48. The zero-order valence-corrected chi connectivity index (χ0v) is 14.2. The van der Waals surface area contributed by atoms with Crippen LogP contribution in [0.2, 0.25) is 0 Å². The molecule has 0 bridgehead atoms. The second kappa shape index (κ2) is 5.49. The van der Waals surface area contributed by atoms with Crippen molar-refractivity contribution in [3.8, 4) is 0 Å². The standard InChI is InChI=1S/C16H16IN5/c17-14-13-15(18)19-9-20-16(13)22(21-14)8-10-5-6-11-3-1-2-4-12(11)7-10/h5-7,9H,1-4,8H2,(H2,18,19,20). The summed E-state index contributed by atoms with van der Waals surface area (Å²) in [5.74, 6) is 0.492. The molecule has 0 atom stereocenters. The number of aryl methyl sites for hydroxylation is 2. The van der Waals surface area contributed by atoms with E-state index in [1.807, 2.05) is 4.68 Å². The average molecular weight is 405 g/mol. The Morgan fingerprint density at radius 3 is 2.82 bits per heavy atom. The monoisotopic (exact) mass is 405 g/mol. The van der Waals surface area contributed by atoms with Crippen molar-refractivity contribution in [2.75, 3.05) is 5.73 Å². The van der Waals surface area contributed by atoms with E-state index in [2.05, 4.69) is 55.9 Å². The molecule has 0 aliphatic heterocycles. The van der Waals surface area contributed by atoms with E-state index in [-0.39, 0.29) is 0 Å². The summed E-state index contributed by atoms with van der Waals surface area (Å²) in [5.41, 5.74) is 11.0. The lowest BCUT2D eigenvalue weighted by atomic mass is 9.90. The van der Waals surface area contributed by atoms with Crippen molar-refractivity contribution in [2.45, 2.75) is 32.2 Å². The van der Waals surface area contributed by atoms with E-state index in [9.17, 15) is 0 Å². The van der Waals surface area contributed by atoms with Crippen LogP contribution in [0.25, 0.3) is 11.0 Å². The predicted octanol–water partition coefficient (Wildman–Crippen LogP) is 2.94. The van der Waals surface area contributed by atoms with Crippen LogP contribution in [-0.2, 0) is 19.4 Å². The molecule has 112 valence electrons. The highest BCUT2D eigenvalue weighted by Crippen LogP contribution is 2.25. The van der Waals surface area contributed by atoms with Gasteiger partial charge in [-0.25, -0.2) is 14.6 Å². The molecule has 0 radical (unpaired) electrons. The number of nitrogens with zero attached hydrogens (tertiary/aromatic N) is 4. The normalized spacial score (nSPS) is 14.2. The lowest BCUT2D eigenvalue weighted by molar-refractivity contribution is 0.673. The van der Waals surface area contributed by atoms with E-state index in [1.54, 1.807) is 0 Å². The number of nitrogen functional groups attached to an aromatic ring is 1. The largest absolute Gasteiger partial charge is 0.383 e. The SMILES string of the molecule is Nc1ncnc2c1c(I)nn2Cc1ccc2c(c1)CCCC2. The first-order valence-corrected chi connectivity index (χ1v) is 8.53. The maximum atomic E-state index is 5.95. The highest BCUT2D eigenvalue weighted by molar-refractivity contribution is 14.1. The number of benzene rings is 1. The Hall–Kier alpha value is -1.70. The van der Waals surface area contributed by atoms with Gasteiger partial charge in [0.25, 0.3) is 0 Å². The second-order valence-corrected chi connectivity index (χ2v) is 6.74. The van der Waals surface area contributed by atoms with Crippen LogP contribution in [0.5, 0.6) is 0 Å². The van der Waals surface area contributed by atoms with Gasteiger partial charge < -0.3 is 5.73 Å². The number of hydrogen-bond acceptors (Lipinski definition) is 4. The minimum Gasteiger partial charge on any atom is -0.383 e. The molecule has 22 heavy (non-hydrogen) atoms. The van der Waals surface area contributed by atoms with Crippen LogP contribution in [0.1, 0.15) is 29.5 Å². The highest BCUT2D eigenvalue weighted by atomic mass is 127. The van der Waals surface area contributed by atoms with Crippen molar-refractivity contribution in [1.29, 1.82) is 0 Å². The van der Waals surface area contributed by atoms with Gasteiger partial charge in [-0.05, 0) is 65.0 Å². The average Bonchev–Trinajstić information content (AvgIpc) is 2.85. The van der Waals surface area contributed by atoms with Gasteiger partial charge in [0, 0.05) is 0 Å². The van der Waals surface area contributed by atoms with Crippen LogP contribution in [-0.4, -0.2) is 19.7 Å². The molecule has 2 N–H and O–H groups in total. The van der Waals surface area contributed by atoms with Gasteiger partial charge in [-0.15, -0.1) is 0 Å². The summed E-state index contributed by atoms with van der Waals surface area (Å²) in [7, 11) is 0. The van der Waals surface area contributed by atoms with E-state index in [0.29, 0.717) is 12.4 Å². The van der Waals surface area contributed by atoms with E-state index in [0.717, 1.165) is 14.7 Å². The maximum Gasteiger partial charge on any atom is 0.164 e. The number of aromatic nitrogens is 4. The van der Waals surface area contributed by atoms with Gasteiger partial charge in [0.2, 0.25) is 0 Å². The molecule has 2 heterocycles. The molecule has 4 rings (SSSR count). The van der Waals surface area contributed by atoms with E-state index in [1.165, 1.54) is 48.7 Å². The Morgan fingerprint density at radius 1 is 1.14 bits per heavy atom. The number of nitrogens with two attached hydrogens (primary N) is 1. The zero-order chi connectivity index (χ0) is 15.1. The minimum atomic E-state index is 0.492. The summed E-state index contributed by atoms with van der Waals surface area (Å²) < 4.78 is 2.77. The predicted molar refractivity (Wildman–Crippen MR) is 94.6 cm³/mol. The van der Waals surface area contributed by atoms with Crippen molar-refractivity contribution in [1.82, 2.24) is 19.7 Å². The molecule has 2 aromatic heterocycles. The number of hydrogen-bond donors (Lipinski definition) is 1. The first-order chi connectivity index (χ1) is 10.7. The summed E-state index contributed by atoms with van der Waals surface area (Å²) in [6, 6.07) is 6.79. The van der Waals surface area contributed by atoms with Crippen LogP contribution in [0, 0.1) is 3.70 Å². The van der Waals surface area contributed by atoms with Gasteiger partial charge in [0.1, 0.15) is 15.8 Å². The third-order valence-corrected chi connectivity index (χ3v) is 5.02. The third-order valence-electron chi connectivity index (χ3n) is 4.26. The zero-order valence-electron chi connectivity index (χ0n) is 12.1. The van der Waals surface area contributed by atoms with Gasteiger partial charge in [0.15, 0.2) is 5.65 Å². The molecular formula is C16H16IN5. The van der Waals surface area contributed by atoms with E-state index in [4.69, 9.17) is 5.73 Å². The van der Waals surface area contributed by atoms with Gasteiger partial charge in [-0.2, -0.15) is 5.10 Å². The summed E-state index contributed by atoms with van der Waals surface area (Å²) >= 11 is 2.19. The highest BCUT2D eigenvalue weighted by Gasteiger charge is 2.14. The first-order valence-electron chi connectivity index (χ1n) is 7.45. The summed E-state index contributed by atoms with van der Waals surface area (Å²) in [6.07, 6.45) is 6.50. The van der Waals surface area contributed by atoms with Crippen LogP contribution >= 0.6 is 22.6 Å². The van der Waals surface area contributed by atoms with Crippen molar-refractivity contribution in [3.63, 3.8) is 0 Å². The van der Waals surface area contributed by atoms with Crippen molar-refractivity contribution in [2.24, 2.45) is 0 Å². The van der Waals surface area contributed by atoms with Gasteiger partial charge in [-0.3, -0.25) is 0 Å². The molecule has 0 amide bonds. The Balaban J connectivity index is 1.73. The molecule has 6 heteroatoms. The van der Waals surface area contributed by atoms with Crippen LogP contribution in [0.4, 0.5) is 5.82 Å². The van der Waals surface area contributed by atoms with Crippen molar-refractivity contribution < 1.29 is 0 Å². The Morgan fingerprint density at radius 2 is 1.95 bits per heavy atom. The van der Waals surface area contributed by atoms with Gasteiger partial charge in [0.05, 0.1) is 11.9 Å². The Labute approximate surface area is 142 Å². The lowest BCUT2D eigenvalue weighted by Gasteiger charge is -2.16. The van der Waals surface area contributed by atoms with Gasteiger partial charge in [-0.1, -0.05) is 18.2 Å². The second-order valence-electron chi connectivity index (χ2n) is 5.72. The fourth-order valence-corrected chi connectivity index (χ4v) is 3.93. The number of rotatable bonds is 2. The molecule has 1 aliphatic rings. The number of fused-ring (bicyclic) bond motifs is 2. The van der Waals surface area contributed by atoms with E-state index < -0.39 is 0 Å². The molecule has 0 spiro atoms. The molecule has 3 aromatic rings. The molecule has 1 aliphatic carbocycles. The number of anilines is 1. The molecule has 0 unspecified atom stereocenters. The first kappa shape index (κ1) is 13.9. The quantitative estimate of drug-likeness (QED) is 0.666. The maximum absolute atomic E-state index is 5.95. The fourth-order valence-electron chi connectivity index (χ4n) is 3.15. The summed E-state index contributed by atoms with van der Waals surface area (Å²) in [4.78, 5) is 8.41. The summed E-state index contributed by atoms with van der Waals surface area (Å²) in [5, 5.41) is 5.43. The van der Waals surface area contributed by atoms with Crippen molar-refractivity contribution >= 4 is 39.4 Å². The molecule has 0 saturated heterocycles. The molecular weight excluding hydrogens is 389 g/mol. The van der Waals surface area contributed by atoms with Crippen LogP contribution in [0.3, 0.4) is 0 Å². The molecule has 0 saturated carbocycles. The van der Waals surface area contributed by atoms with Gasteiger partial charge >= 0.3 is 0 Å². The molecule has 5 nitrogen and oxygen atoms in total. The topological polar surface area (TPSA) is 69.6 Å². The van der Waals surface area contributed by atoms with Crippen LogP contribution < -0.4 is 5.73 Å². The van der Waals surface area contributed by atoms with E-state index >= 15 is 0 Å². The third kappa shape index (κ3) is 2.35. The lowest BCUT2D eigenvalue weighted by Crippen LogP contribution is -2.07.